The molecule has 0 heterocycles. The van der Waals surface area contributed by atoms with E-state index in [9.17, 15) is 24.6 Å². The molecule has 0 saturated heterocycles. The highest BCUT2D eigenvalue weighted by Crippen LogP contribution is 2.25. The van der Waals surface area contributed by atoms with Crippen LogP contribution in [0.1, 0.15) is 204 Å². The average Bonchev–Trinajstić information content (AvgIpc) is 3.11. The maximum Gasteiger partial charge on any atom is 0.338 e. The SMILES string of the molecule is CCCCCCCCCCCCCCCC(=O)OCC(COC(=O)c1ccc(O)c(O)c1)OC(=O)CCCCCCCCCCCCCCC. The van der Waals surface area contributed by atoms with Crippen molar-refractivity contribution in [3.63, 3.8) is 0 Å². The molecule has 2 N–H and O–H groups in total. The Morgan fingerprint density at radius 2 is 0.880 bits per heavy atom. The molecule has 0 aliphatic carbocycles. The minimum absolute atomic E-state index is 0.0387. The first-order chi connectivity index (χ1) is 24.4. The molecule has 50 heavy (non-hydrogen) atoms. The van der Waals surface area contributed by atoms with Gasteiger partial charge in [-0.2, -0.15) is 0 Å². The summed E-state index contributed by atoms with van der Waals surface area (Å²) in [5.74, 6) is -2.32. The second kappa shape index (κ2) is 32.2. The molecule has 288 valence electrons. The first kappa shape index (κ1) is 45.3. The van der Waals surface area contributed by atoms with Gasteiger partial charge in [0.15, 0.2) is 17.6 Å². The van der Waals surface area contributed by atoms with Crippen molar-refractivity contribution < 1.29 is 38.8 Å². The van der Waals surface area contributed by atoms with E-state index in [0.29, 0.717) is 12.8 Å². The molecule has 0 amide bonds. The molecule has 0 spiro atoms. The fourth-order valence-corrected chi connectivity index (χ4v) is 6.10. The molecule has 1 aromatic rings. The molecular formula is C42H72O8. The summed E-state index contributed by atoms with van der Waals surface area (Å²) in [6.45, 7) is 4.00. The van der Waals surface area contributed by atoms with E-state index in [0.717, 1.165) is 38.2 Å². The molecule has 0 fully saturated rings. The maximum atomic E-state index is 12.6. The largest absolute Gasteiger partial charge is 0.504 e. The number of carbonyl (C=O) groups excluding carboxylic acids is 3. The maximum absolute atomic E-state index is 12.6. The average molecular weight is 705 g/mol. The van der Waals surface area contributed by atoms with Crippen molar-refractivity contribution in [2.24, 2.45) is 0 Å². The number of aromatic hydroxyl groups is 2. The second-order valence-electron chi connectivity index (χ2n) is 14.1. The highest BCUT2D eigenvalue weighted by molar-refractivity contribution is 5.90. The normalized spacial score (nSPS) is 11.7. The Balaban J connectivity index is 2.32. The summed E-state index contributed by atoms with van der Waals surface area (Å²) in [5.41, 5.74) is 0.0387. The van der Waals surface area contributed by atoms with Gasteiger partial charge in [0.05, 0.1) is 5.56 Å². The molecule has 1 atom stereocenters. The van der Waals surface area contributed by atoms with Crippen LogP contribution < -0.4 is 0 Å². The molecule has 0 radical (unpaired) electrons. The number of rotatable bonds is 34. The molecule has 1 unspecified atom stereocenters. The van der Waals surface area contributed by atoms with Gasteiger partial charge in [-0.3, -0.25) is 9.59 Å². The monoisotopic (exact) mass is 705 g/mol. The number of benzene rings is 1. The Bertz CT molecular complexity index is 994. The lowest BCUT2D eigenvalue weighted by atomic mass is 10.0. The zero-order chi connectivity index (χ0) is 36.5. The van der Waals surface area contributed by atoms with Crippen molar-refractivity contribution in [2.45, 2.75) is 200 Å². The zero-order valence-corrected chi connectivity index (χ0v) is 31.9. The van der Waals surface area contributed by atoms with Crippen LogP contribution in [0.25, 0.3) is 0 Å². The highest BCUT2D eigenvalue weighted by atomic mass is 16.6. The van der Waals surface area contributed by atoms with Gasteiger partial charge in [0.1, 0.15) is 13.2 Å². The van der Waals surface area contributed by atoms with Crippen molar-refractivity contribution >= 4 is 17.9 Å². The number of hydrogen-bond acceptors (Lipinski definition) is 8. The predicted molar refractivity (Wildman–Crippen MR) is 202 cm³/mol. The zero-order valence-electron chi connectivity index (χ0n) is 31.9. The summed E-state index contributed by atoms with van der Waals surface area (Å²) in [5, 5.41) is 19.2. The number of phenols is 2. The van der Waals surface area contributed by atoms with Crippen LogP contribution in [0.15, 0.2) is 18.2 Å². The van der Waals surface area contributed by atoms with E-state index < -0.39 is 23.8 Å². The fourth-order valence-electron chi connectivity index (χ4n) is 6.10. The highest BCUT2D eigenvalue weighted by Gasteiger charge is 2.20. The van der Waals surface area contributed by atoms with Crippen LogP contribution in [0, 0.1) is 0 Å². The van der Waals surface area contributed by atoms with E-state index in [2.05, 4.69) is 13.8 Å². The Hall–Kier alpha value is -2.77. The van der Waals surface area contributed by atoms with Gasteiger partial charge < -0.3 is 24.4 Å². The Labute approximate surface area is 304 Å². The molecule has 0 aliphatic rings. The summed E-state index contributed by atoms with van der Waals surface area (Å²) >= 11 is 0. The number of carbonyl (C=O) groups is 3. The van der Waals surface area contributed by atoms with Gasteiger partial charge in [0, 0.05) is 12.8 Å². The Morgan fingerprint density at radius 1 is 0.500 bits per heavy atom. The molecule has 1 rings (SSSR count). The van der Waals surface area contributed by atoms with Crippen LogP contribution in [0.5, 0.6) is 11.5 Å². The molecule has 0 bridgehead atoms. The Kier molecular flexibility index (Phi) is 29.1. The molecular weight excluding hydrogens is 632 g/mol. The lowest BCUT2D eigenvalue weighted by molar-refractivity contribution is -0.161. The van der Waals surface area contributed by atoms with Crippen molar-refractivity contribution in [3.8, 4) is 11.5 Å². The van der Waals surface area contributed by atoms with Crippen LogP contribution in [-0.4, -0.2) is 47.4 Å². The molecule has 8 nitrogen and oxygen atoms in total. The molecule has 0 aromatic heterocycles. The quantitative estimate of drug-likeness (QED) is 0.0315. The van der Waals surface area contributed by atoms with Gasteiger partial charge in [-0.15, -0.1) is 0 Å². The number of phenolic OH excluding ortho intramolecular Hbond substituents is 2. The summed E-state index contributed by atoms with van der Waals surface area (Å²) in [6, 6.07) is 3.61. The number of ether oxygens (including phenoxy) is 3. The minimum Gasteiger partial charge on any atom is -0.504 e. The first-order valence-corrected chi connectivity index (χ1v) is 20.4. The molecule has 1 aromatic carbocycles. The van der Waals surface area contributed by atoms with Crippen LogP contribution in [-0.2, 0) is 23.8 Å². The summed E-state index contributed by atoms with van der Waals surface area (Å²) < 4.78 is 16.3. The standard InChI is InChI=1S/C42H72O8/c1-3-5-7-9-11-13-15-17-19-21-23-25-27-29-40(45)48-34-37(35-49-42(47)36-31-32-38(43)39(44)33-36)50-41(46)30-28-26-24-22-20-18-16-14-12-10-8-6-4-2/h31-33,37,43-44H,3-30,34-35H2,1-2H3. The second-order valence-corrected chi connectivity index (χ2v) is 14.1. The van der Waals surface area contributed by atoms with Crippen LogP contribution in [0.3, 0.4) is 0 Å². The van der Waals surface area contributed by atoms with E-state index in [4.69, 9.17) is 14.2 Å². The van der Waals surface area contributed by atoms with E-state index in [1.807, 2.05) is 0 Å². The van der Waals surface area contributed by atoms with Gasteiger partial charge in [-0.1, -0.05) is 168 Å². The van der Waals surface area contributed by atoms with E-state index in [-0.39, 0.29) is 36.9 Å². The van der Waals surface area contributed by atoms with Crippen molar-refractivity contribution in [1.29, 1.82) is 0 Å². The van der Waals surface area contributed by atoms with Crippen LogP contribution in [0.2, 0.25) is 0 Å². The predicted octanol–water partition coefficient (Wildman–Crippen LogP) is 11.7. The van der Waals surface area contributed by atoms with Crippen LogP contribution in [0.4, 0.5) is 0 Å². The summed E-state index contributed by atoms with van der Waals surface area (Å²) in [4.78, 5) is 37.6. The topological polar surface area (TPSA) is 119 Å². The fraction of sp³-hybridized carbons (Fsp3) is 0.786. The van der Waals surface area contributed by atoms with Crippen LogP contribution >= 0.6 is 0 Å². The number of esters is 3. The molecule has 8 heteroatoms. The van der Waals surface area contributed by atoms with Gasteiger partial charge in [0.25, 0.3) is 0 Å². The summed E-state index contributed by atoms with van der Waals surface area (Å²) in [7, 11) is 0. The van der Waals surface area contributed by atoms with Gasteiger partial charge >= 0.3 is 17.9 Å². The molecule has 0 saturated carbocycles. The third-order valence-corrected chi connectivity index (χ3v) is 9.31. The molecule has 0 aliphatic heterocycles. The van der Waals surface area contributed by atoms with Crippen molar-refractivity contribution in [2.75, 3.05) is 13.2 Å². The third kappa shape index (κ3) is 26.1. The van der Waals surface area contributed by atoms with Gasteiger partial charge in [0.2, 0.25) is 0 Å². The third-order valence-electron chi connectivity index (χ3n) is 9.31. The van der Waals surface area contributed by atoms with E-state index >= 15 is 0 Å². The van der Waals surface area contributed by atoms with E-state index in [1.54, 1.807) is 0 Å². The number of hydrogen-bond donors (Lipinski definition) is 2. The van der Waals surface area contributed by atoms with Crippen molar-refractivity contribution in [1.82, 2.24) is 0 Å². The summed E-state index contributed by atoms with van der Waals surface area (Å²) in [6.07, 6.45) is 31.3. The van der Waals surface area contributed by atoms with Gasteiger partial charge in [-0.25, -0.2) is 4.79 Å². The number of unbranched alkanes of at least 4 members (excludes halogenated alkanes) is 24. The van der Waals surface area contributed by atoms with Crippen molar-refractivity contribution in [3.05, 3.63) is 23.8 Å². The van der Waals surface area contributed by atoms with E-state index in [1.165, 1.54) is 141 Å². The smallest absolute Gasteiger partial charge is 0.338 e. The lowest BCUT2D eigenvalue weighted by Crippen LogP contribution is -2.31. The lowest BCUT2D eigenvalue weighted by Gasteiger charge is -2.18. The van der Waals surface area contributed by atoms with Gasteiger partial charge in [-0.05, 0) is 31.0 Å². The first-order valence-electron chi connectivity index (χ1n) is 20.4. The Morgan fingerprint density at radius 3 is 1.30 bits per heavy atom. The minimum atomic E-state index is -0.935.